The Balaban J connectivity index is 1.78. The van der Waals surface area contributed by atoms with Crippen LogP contribution < -0.4 is 20.1 Å². The molecule has 0 heterocycles. The van der Waals surface area contributed by atoms with Crippen LogP contribution in [0.25, 0.3) is 0 Å². The minimum Gasteiger partial charge on any atom is -0.493 e. The largest absolute Gasteiger partial charge is 0.493 e. The third kappa shape index (κ3) is 6.23. The van der Waals surface area contributed by atoms with E-state index in [0.717, 1.165) is 36.6 Å². The van der Waals surface area contributed by atoms with E-state index in [1.807, 2.05) is 18.2 Å². The van der Waals surface area contributed by atoms with E-state index in [1.54, 1.807) is 14.2 Å². The molecule has 26 heavy (non-hydrogen) atoms. The quantitative estimate of drug-likeness (QED) is 0.631. The molecule has 0 aliphatic carbocycles. The number of unbranched alkanes of at least 4 members (excludes halogenated alkanes) is 1. The molecule has 0 saturated heterocycles. The molecule has 0 unspecified atom stereocenters. The topological polar surface area (TPSA) is 42.5 Å². The number of rotatable bonds is 9. The highest BCUT2D eigenvalue weighted by Gasteiger charge is 2.05. The predicted molar refractivity (Wildman–Crippen MR) is 113 cm³/mol. The Morgan fingerprint density at radius 1 is 0.923 bits per heavy atom. The number of aryl methyl sites for hydroxylation is 1. The zero-order chi connectivity index (χ0) is 18.8. The Morgan fingerprint density at radius 3 is 2.27 bits per heavy atom. The molecule has 2 rings (SSSR count). The molecule has 140 valence electrons. The first-order valence-electron chi connectivity index (χ1n) is 9.01. The normalized spacial score (nSPS) is 10.3. The molecule has 0 atom stereocenters. The minimum absolute atomic E-state index is 0.631. The second-order valence-electron chi connectivity index (χ2n) is 6.12. The maximum Gasteiger partial charge on any atom is 0.170 e. The van der Waals surface area contributed by atoms with Crippen LogP contribution in [-0.4, -0.2) is 25.9 Å². The molecule has 0 spiro atoms. The van der Waals surface area contributed by atoms with Crippen molar-refractivity contribution in [2.45, 2.75) is 32.6 Å². The lowest BCUT2D eigenvalue weighted by Crippen LogP contribution is -2.30. The van der Waals surface area contributed by atoms with Crippen LogP contribution in [0.4, 0.5) is 5.69 Å². The first-order valence-corrected chi connectivity index (χ1v) is 9.41. The van der Waals surface area contributed by atoms with Gasteiger partial charge in [-0.05, 0) is 66.9 Å². The highest BCUT2D eigenvalue weighted by Crippen LogP contribution is 2.27. The monoisotopic (exact) mass is 372 g/mol. The smallest absolute Gasteiger partial charge is 0.170 e. The third-order valence-corrected chi connectivity index (χ3v) is 4.42. The summed E-state index contributed by atoms with van der Waals surface area (Å²) >= 11 is 5.38. The van der Waals surface area contributed by atoms with Crippen molar-refractivity contribution < 1.29 is 9.47 Å². The van der Waals surface area contributed by atoms with Gasteiger partial charge in [0.15, 0.2) is 16.6 Å². The molecule has 0 amide bonds. The van der Waals surface area contributed by atoms with Crippen LogP contribution in [0.5, 0.6) is 11.5 Å². The van der Waals surface area contributed by atoms with Crippen LogP contribution in [0.2, 0.25) is 0 Å². The molecule has 2 aromatic carbocycles. The molecule has 0 aliphatic heterocycles. The van der Waals surface area contributed by atoms with Crippen molar-refractivity contribution in [2.75, 3.05) is 26.1 Å². The van der Waals surface area contributed by atoms with Gasteiger partial charge >= 0.3 is 0 Å². The number of thiocarbonyl (C=S) groups is 1. The lowest BCUT2D eigenvalue weighted by molar-refractivity contribution is 0.354. The highest BCUT2D eigenvalue weighted by molar-refractivity contribution is 7.80. The average Bonchev–Trinajstić information content (AvgIpc) is 2.67. The van der Waals surface area contributed by atoms with E-state index in [1.165, 1.54) is 24.0 Å². The van der Waals surface area contributed by atoms with Crippen LogP contribution in [0.3, 0.4) is 0 Å². The highest BCUT2D eigenvalue weighted by atomic mass is 32.1. The van der Waals surface area contributed by atoms with Crippen molar-refractivity contribution in [1.29, 1.82) is 0 Å². The van der Waals surface area contributed by atoms with Crippen molar-refractivity contribution in [3.63, 3.8) is 0 Å². The summed E-state index contributed by atoms with van der Waals surface area (Å²) in [5.74, 6) is 1.48. The second kappa shape index (κ2) is 10.7. The van der Waals surface area contributed by atoms with Gasteiger partial charge in [0.1, 0.15) is 0 Å². The number of ether oxygens (including phenoxy) is 2. The zero-order valence-electron chi connectivity index (χ0n) is 15.8. The van der Waals surface area contributed by atoms with E-state index in [4.69, 9.17) is 21.7 Å². The van der Waals surface area contributed by atoms with Crippen LogP contribution in [-0.2, 0) is 12.8 Å². The van der Waals surface area contributed by atoms with Gasteiger partial charge in [-0.2, -0.15) is 0 Å². The fourth-order valence-corrected chi connectivity index (χ4v) is 2.89. The van der Waals surface area contributed by atoms with Gasteiger partial charge in [-0.25, -0.2) is 0 Å². The van der Waals surface area contributed by atoms with Gasteiger partial charge in [0.2, 0.25) is 0 Å². The first-order chi connectivity index (χ1) is 12.7. The van der Waals surface area contributed by atoms with Gasteiger partial charge in [0, 0.05) is 12.2 Å². The Morgan fingerprint density at radius 2 is 1.62 bits per heavy atom. The van der Waals surface area contributed by atoms with Crippen molar-refractivity contribution in [2.24, 2.45) is 0 Å². The molecule has 0 aliphatic rings. The van der Waals surface area contributed by atoms with E-state index in [9.17, 15) is 0 Å². The van der Waals surface area contributed by atoms with Crippen LogP contribution >= 0.6 is 12.2 Å². The second-order valence-corrected chi connectivity index (χ2v) is 6.53. The fourth-order valence-electron chi connectivity index (χ4n) is 2.67. The Hall–Kier alpha value is -2.27. The van der Waals surface area contributed by atoms with Gasteiger partial charge in [-0.1, -0.05) is 31.5 Å². The Bertz CT molecular complexity index is 702. The molecule has 0 aromatic heterocycles. The van der Waals surface area contributed by atoms with Gasteiger partial charge in [0.05, 0.1) is 14.2 Å². The van der Waals surface area contributed by atoms with Crippen LogP contribution in [0, 0.1) is 0 Å². The summed E-state index contributed by atoms with van der Waals surface area (Å²) in [4.78, 5) is 0. The van der Waals surface area contributed by atoms with Crippen molar-refractivity contribution in [3.05, 3.63) is 53.6 Å². The van der Waals surface area contributed by atoms with E-state index in [0.29, 0.717) is 5.11 Å². The van der Waals surface area contributed by atoms with E-state index in [2.05, 4.69) is 41.8 Å². The summed E-state index contributed by atoms with van der Waals surface area (Å²) < 4.78 is 10.6. The summed E-state index contributed by atoms with van der Waals surface area (Å²) in [5.41, 5.74) is 3.54. The standard InChI is InChI=1S/C21H28N2O2S/c1-4-5-6-16-7-10-18(11-8-16)23-21(26)22-14-13-17-9-12-19(24-2)20(15-17)25-3/h7-12,15H,4-6,13-14H2,1-3H3,(H2,22,23,26). The van der Waals surface area contributed by atoms with Crippen molar-refractivity contribution in [1.82, 2.24) is 5.32 Å². The Labute approximate surface area is 161 Å². The van der Waals surface area contributed by atoms with Gasteiger partial charge < -0.3 is 20.1 Å². The lowest BCUT2D eigenvalue weighted by atomic mass is 10.1. The number of anilines is 1. The summed E-state index contributed by atoms with van der Waals surface area (Å²) in [6.45, 7) is 2.96. The maximum atomic E-state index is 5.38. The predicted octanol–water partition coefficient (Wildman–Crippen LogP) is 4.58. The zero-order valence-corrected chi connectivity index (χ0v) is 16.6. The molecule has 0 fully saturated rings. The van der Waals surface area contributed by atoms with Crippen LogP contribution in [0.15, 0.2) is 42.5 Å². The summed E-state index contributed by atoms with van der Waals surface area (Å²) in [6, 6.07) is 14.4. The molecule has 0 bridgehead atoms. The molecule has 4 nitrogen and oxygen atoms in total. The van der Waals surface area contributed by atoms with E-state index >= 15 is 0 Å². The molecular weight excluding hydrogens is 344 g/mol. The van der Waals surface area contributed by atoms with Crippen LogP contribution in [0.1, 0.15) is 30.9 Å². The average molecular weight is 373 g/mol. The fraction of sp³-hybridized carbons (Fsp3) is 0.381. The molecule has 0 radical (unpaired) electrons. The third-order valence-electron chi connectivity index (χ3n) is 4.18. The minimum atomic E-state index is 0.631. The Kier molecular flexibility index (Phi) is 8.22. The van der Waals surface area contributed by atoms with Gasteiger partial charge in [0.25, 0.3) is 0 Å². The molecular formula is C21H28N2O2S. The van der Waals surface area contributed by atoms with Crippen molar-refractivity contribution in [3.8, 4) is 11.5 Å². The maximum absolute atomic E-state index is 5.38. The SMILES string of the molecule is CCCCc1ccc(NC(=S)NCCc2ccc(OC)c(OC)c2)cc1. The number of methoxy groups -OCH3 is 2. The van der Waals surface area contributed by atoms with Gasteiger partial charge in [-0.3, -0.25) is 0 Å². The molecule has 5 heteroatoms. The van der Waals surface area contributed by atoms with Crippen molar-refractivity contribution >= 4 is 23.0 Å². The summed E-state index contributed by atoms with van der Waals surface area (Å²) in [6.07, 6.45) is 4.42. The van der Waals surface area contributed by atoms with E-state index < -0.39 is 0 Å². The lowest BCUT2D eigenvalue weighted by Gasteiger charge is -2.12. The summed E-state index contributed by atoms with van der Waals surface area (Å²) in [7, 11) is 3.28. The first kappa shape index (κ1) is 20.0. The number of hydrogen-bond donors (Lipinski definition) is 2. The molecule has 0 saturated carbocycles. The number of benzene rings is 2. The number of hydrogen-bond acceptors (Lipinski definition) is 3. The molecule has 2 aromatic rings. The van der Waals surface area contributed by atoms with E-state index in [-0.39, 0.29) is 0 Å². The number of nitrogens with one attached hydrogen (secondary N) is 2. The summed E-state index contributed by atoms with van der Waals surface area (Å²) in [5, 5.41) is 7.10. The van der Waals surface area contributed by atoms with Gasteiger partial charge in [-0.15, -0.1) is 0 Å². The molecule has 2 N–H and O–H groups in total.